The van der Waals surface area contributed by atoms with E-state index in [1.165, 1.54) is 0 Å². The van der Waals surface area contributed by atoms with E-state index in [4.69, 9.17) is 0 Å². The van der Waals surface area contributed by atoms with E-state index in [1.807, 2.05) is 30.8 Å². The first-order valence-corrected chi connectivity index (χ1v) is 8.42. The van der Waals surface area contributed by atoms with Crippen LogP contribution in [0, 0.1) is 6.92 Å². The van der Waals surface area contributed by atoms with Crippen molar-refractivity contribution in [2.24, 2.45) is 0 Å². The van der Waals surface area contributed by atoms with Gasteiger partial charge in [0.1, 0.15) is 0 Å². The van der Waals surface area contributed by atoms with Crippen LogP contribution in [0.3, 0.4) is 0 Å². The maximum absolute atomic E-state index is 11.9. The number of thioether (sulfide) groups is 1. The predicted octanol–water partition coefficient (Wildman–Crippen LogP) is 2.36. The van der Waals surface area contributed by atoms with Crippen LogP contribution >= 0.6 is 11.8 Å². The Kier molecular flexibility index (Phi) is 5.39. The molecule has 120 valence electrons. The first-order chi connectivity index (χ1) is 10.3. The second-order valence-corrected chi connectivity index (χ2v) is 8.12. The van der Waals surface area contributed by atoms with Gasteiger partial charge in [0.25, 0.3) is 0 Å². The summed E-state index contributed by atoms with van der Waals surface area (Å²) >= 11 is 1.88. The number of aryl methyl sites for hydroxylation is 1. The highest BCUT2D eigenvalue weighted by molar-refractivity contribution is 8.00. The minimum atomic E-state index is 0.0407. The summed E-state index contributed by atoms with van der Waals surface area (Å²) in [5.74, 6) is 1.68. The molecule has 0 saturated heterocycles. The van der Waals surface area contributed by atoms with E-state index in [0.29, 0.717) is 24.4 Å². The summed E-state index contributed by atoms with van der Waals surface area (Å²) in [7, 11) is 0. The lowest BCUT2D eigenvalue weighted by Gasteiger charge is -2.16. The SMILES string of the molecule is Cc1ccc2nnc(CNC(=O)CCCSC(C)(C)C)n2n1. The summed E-state index contributed by atoms with van der Waals surface area (Å²) in [6.45, 7) is 8.81. The minimum Gasteiger partial charge on any atom is -0.349 e. The van der Waals surface area contributed by atoms with Crippen LogP contribution in [0.4, 0.5) is 0 Å². The van der Waals surface area contributed by atoms with Crippen LogP contribution in [0.1, 0.15) is 45.1 Å². The summed E-state index contributed by atoms with van der Waals surface area (Å²) < 4.78 is 1.92. The zero-order valence-electron chi connectivity index (χ0n) is 13.6. The van der Waals surface area contributed by atoms with Crippen LogP contribution in [0.2, 0.25) is 0 Å². The Morgan fingerprint density at radius 2 is 2.09 bits per heavy atom. The van der Waals surface area contributed by atoms with Crippen LogP contribution in [-0.4, -0.2) is 36.2 Å². The Hall–Kier alpha value is -1.63. The van der Waals surface area contributed by atoms with Crippen molar-refractivity contribution in [3.63, 3.8) is 0 Å². The lowest BCUT2D eigenvalue weighted by atomic mass is 10.3. The molecule has 0 saturated carbocycles. The van der Waals surface area contributed by atoms with Gasteiger partial charge in [-0.3, -0.25) is 4.79 Å². The number of carbonyl (C=O) groups is 1. The number of nitrogens with zero attached hydrogens (tertiary/aromatic N) is 4. The molecule has 7 heteroatoms. The molecular formula is C15H23N5OS. The monoisotopic (exact) mass is 321 g/mol. The molecule has 6 nitrogen and oxygen atoms in total. The number of hydrogen-bond donors (Lipinski definition) is 1. The minimum absolute atomic E-state index is 0.0407. The summed E-state index contributed by atoms with van der Waals surface area (Å²) in [6, 6.07) is 3.75. The number of hydrogen-bond acceptors (Lipinski definition) is 5. The van der Waals surface area contributed by atoms with E-state index in [2.05, 4.69) is 41.4 Å². The van der Waals surface area contributed by atoms with Crippen molar-refractivity contribution in [1.82, 2.24) is 25.1 Å². The molecule has 0 aliphatic carbocycles. The Morgan fingerprint density at radius 1 is 1.32 bits per heavy atom. The summed E-state index contributed by atoms with van der Waals surface area (Å²) in [4.78, 5) is 11.9. The van der Waals surface area contributed by atoms with Gasteiger partial charge in [-0.25, -0.2) is 0 Å². The van der Waals surface area contributed by atoms with Gasteiger partial charge >= 0.3 is 0 Å². The van der Waals surface area contributed by atoms with Crippen LogP contribution in [0.5, 0.6) is 0 Å². The van der Waals surface area contributed by atoms with E-state index >= 15 is 0 Å². The smallest absolute Gasteiger partial charge is 0.220 e. The van der Waals surface area contributed by atoms with Crippen molar-refractivity contribution in [2.45, 2.75) is 51.8 Å². The highest BCUT2D eigenvalue weighted by Crippen LogP contribution is 2.23. The molecule has 22 heavy (non-hydrogen) atoms. The van der Waals surface area contributed by atoms with Crippen molar-refractivity contribution in [3.8, 4) is 0 Å². The fourth-order valence-electron chi connectivity index (χ4n) is 1.91. The van der Waals surface area contributed by atoms with Gasteiger partial charge in [0.2, 0.25) is 5.91 Å². The molecular weight excluding hydrogens is 298 g/mol. The van der Waals surface area contributed by atoms with Crippen molar-refractivity contribution in [2.75, 3.05) is 5.75 Å². The molecule has 2 rings (SSSR count). The zero-order valence-corrected chi connectivity index (χ0v) is 14.4. The standard InChI is InChI=1S/C15H23N5OS/c1-11-7-8-12-17-18-13(20(12)19-11)10-16-14(21)6-5-9-22-15(2,3)4/h7-8H,5-6,9-10H2,1-4H3,(H,16,21). The normalized spacial score (nSPS) is 11.8. The predicted molar refractivity (Wildman–Crippen MR) is 88.8 cm³/mol. The van der Waals surface area contributed by atoms with E-state index in [1.54, 1.807) is 4.52 Å². The highest BCUT2D eigenvalue weighted by Gasteiger charge is 2.11. The molecule has 0 aliphatic rings. The molecule has 1 N–H and O–H groups in total. The zero-order chi connectivity index (χ0) is 16.2. The highest BCUT2D eigenvalue weighted by atomic mass is 32.2. The second kappa shape index (κ2) is 7.09. The first kappa shape index (κ1) is 16.7. The summed E-state index contributed by atoms with van der Waals surface area (Å²) in [6.07, 6.45) is 1.41. The molecule has 0 spiro atoms. The van der Waals surface area contributed by atoms with E-state index < -0.39 is 0 Å². The average molecular weight is 321 g/mol. The number of fused-ring (bicyclic) bond motifs is 1. The lowest BCUT2D eigenvalue weighted by molar-refractivity contribution is -0.121. The molecule has 2 aromatic rings. The van der Waals surface area contributed by atoms with Gasteiger partial charge in [-0.2, -0.15) is 21.4 Å². The largest absolute Gasteiger partial charge is 0.349 e. The van der Waals surface area contributed by atoms with Crippen molar-refractivity contribution >= 4 is 23.3 Å². The number of carbonyl (C=O) groups excluding carboxylic acids is 1. The van der Waals surface area contributed by atoms with Crippen molar-refractivity contribution in [3.05, 3.63) is 23.7 Å². The third-order valence-electron chi connectivity index (χ3n) is 2.99. The third kappa shape index (κ3) is 4.98. The van der Waals surface area contributed by atoms with E-state index in [9.17, 15) is 4.79 Å². The number of nitrogens with one attached hydrogen (secondary N) is 1. The van der Waals surface area contributed by atoms with Gasteiger partial charge in [0.15, 0.2) is 11.5 Å². The fourth-order valence-corrected chi connectivity index (χ4v) is 2.81. The van der Waals surface area contributed by atoms with Gasteiger partial charge in [0.05, 0.1) is 12.2 Å². The fraction of sp³-hybridized carbons (Fsp3) is 0.600. The quantitative estimate of drug-likeness (QED) is 0.827. The van der Waals surface area contributed by atoms with Crippen LogP contribution in [0.15, 0.2) is 12.1 Å². The maximum Gasteiger partial charge on any atom is 0.220 e. The van der Waals surface area contributed by atoms with Crippen molar-refractivity contribution < 1.29 is 4.79 Å². The number of amides is 1. The average Bonchev–Trinajstić information content (AvgIpc) is 2.82. The molecule has 2 heterocycles. The Labute approximate surface area is 135 Å². The molecule has 0 radical (unpaired) electrons. The Morgan fingerprint density at radius 3 is 2.82 bits per heavy atom. The molecule has 2 aromatic heterocycles. The lowest BCUT2D eigenvalue weighted by Crippen LogP contribution is -2.24. The molecule has 1 amide bonds. The Bertz CT molecular complexity index is 647. The van der Waals surface area contributed by atoms with Gasteiger partial charge in [-0.05, 0) is 31.2 Å². The van der Waals surface area contributed by atoms with Gasteiger partial charge in [-0.15, -0.1) is 10.2 Å². The molecule has 0 aromatic carbocycles. The van der Waals surface area contributed by atoms with Gasteiger partial charge in [-0.1, -0.05) is 20.8 Å². The molecule has 0 atom stereocenters. The molecule has 0 unspecified atom stereocenters. The molecule has 0 aliphatic heterocycles. The topological polar surface area (TPSA) is 72.2 Å². The second-order valence-electron chi connectivity index (χ2n) is 6.20. The summed E-state index contributed by atoms with van der Waals surface area (Å²) in [5, 5.41) is 15.3. The summed E-state index contributed by atoms with van der Waals surface area (Å²) in [5.41, 5.74) is 1.58. The number of aromatic nitrogens is 4. The number of rotatable bonds is 6. The molecule has 0 fully saturated rings. The van der Waals surface area contributed by atoms with E-state index in [0.717, 1.165) is 17.9 Å². The third-order valence-corrected chi connectivity index (χ3v) is 4.35. The molecule has 0 bridgehead atoms. The first-order valence-electron chi connectivity index (χ1n) is 7.44. The van der Waals surface area contributed by atoms with Crippen LogP contribution < -0.4 is 5.32 Å². The van der Waals surface area contributed by atoms with E-state index in [-0.39, 0.29) is 10.7 Å². The Balaban J connectivity index is 1.79. The van der Waals surface area contributed by atoms with Crippen molar-refractivity contribution in [1.29, 1.82) is 0 Å². The maximum atomic E-state index is 11.9. The van der Waals surface area contributed by atoms with Crippen LogP contribution in [-0.2, 0) is 11.3 Å². The van der Waals surface area contributed by atoms with Gasteiger partial charge < -0.3 is 5.32 Å². The van der Waals surface area contributed by atoms with Crippen LogP contribution in [0.25, 0.3) is 5.65 Å². The van der Waals surface area contributed by atoms with Gasteiger partial charge in [0, 0.05) is 11.2 Å².